The van der Waals surface area contributed by atoms with Gasteiger partial charge in [0.05, 0.1) is 0 Å². The Morgan fingerprint density at radius 1 is 1.25 bits per heavy atom. The molecule has 2 rings (SSSR count). The van der Waals surface area contributed by atoms with Gasteiger partial charge < -0.3 is 5.32 Å². The van der Waals surface area contributed by atoms with Gasteiger partial charge in [-0.15, -0.1) is 0 Å². The zero-order chi connectivity index (χ0) is 11.4. The number of nitrogens with one attached hydrogen (secondary N) is 1. The molecule has 82 valence electrons. The molecule has 0 aliphatic carbocycles. The molecular formula is C11H12N4S. The van der Waals surface area contributed by atoms with E-state index >= 15 is 0 Å². The summed E-state index contributed by atoms with van der Waals surface area (Å²) in [5.74, 6) is 0.629. The molecule has 0 saturated heterocycles. The summed E-state index contributed by atoms with van der Waals surface area (Å²) in [6.07, 6.45) is 3.59. The van der Waals surface area contributed by atoms with Crippen LogP contribution in [0.15, 0.2) is 40.6 Å². The third kappa shape index (κ3) is 2.49. The molecule has 0 bridgehead atoms. The minimum absolute atomic E-state index is 0.629. The van der Waals surface area contributed by atoms with Gasteiger partial charge in [-0.05, 0) is 30.8 Å². The minimum atomic E-state index is 0.629. The number of pyridine rings is 1. The number of aromatic nitrogens is 3. The lowest BCUT2D eigenvalue weighted by atomic mass is 10.4. The Hall–Kier alpha value is -1.62. The van der Waals surface area contributed by atoms with Crippen molar-refractivity contribution in [2.75, 3.05) is 12.4 Å². The maximum Gasteiger partial charge on any atom is 0.223 e. The van der Waals surface area contributed by atoms with E-state index in [1.165, 1.54) is 0 Å². The van der Waals surface area contributed by atoms with Gasteiger partial charge in [0.25, 0.3) is 0 Å². The molecule has 0 aliphatic heterocycles. The van der Waals surface area contributed by atoms with Crippen molar-refractivity contribution < 1.29 is 0 Å². The SMILES string of the molecule is CNc1ncc(C)c(Sc2ccccn2)n1. The topological polar surface area (TPSA) is 50.7 Å². The highest BCUT2D eigenvalue weighted by molar-refractivity contribution is 7.99. The van der Waals surface area contributed by atoms with Gasteiger partial charge in [-0.25, -0.2) is 15.0 Å². The van der Waals surface area contributed by atoms with Gasteiger partial charge >= 0.3 is 0 Å². The van der Waals surface area contributed by atoms with E-state index < -0.39 is 0 Å². The van der Waals surface area contributed by atoms with Crippen LogP contribution in [0.3, 0.4) is 0 Å². The van der Waals surface area contributed by atoms with Gasteiger partial charge in [-0.3, -0.25) is 0 Å². The Morgan fingerprint density at radius 3 is 2.81 bits per heavy atom. The highest BCUT2D eigenvalue weighted by Crippen LogP contribution is 2.26. The first-order valence-electron chi connectivity index (χ1n) is 4.90. The molecule has 5 heteroatoms. The van der Waals surface area contributed by atoms with E-state index in [-0.39, 0.29) is 0 Å². The molecule has 0 amide bonds. The van der Waals surface area contributed by atoms with Gasteiger partial charge in [-0.1, -0.05) is 6.07 Å². The van der Waals surface area contributed by atoms with Crippen LogP contribution in [0.25, 0.3) is 0 Å². The molecule has 0 aliphatic rings. The van der Waals surface area contributed by atoms with Gasteiger partial charge in [0.1, 0.15) is 10.1 Å². The smallest absolute Gasteiger partial charge is 0.223 e. The van der Waals surface area contributed by atoms with Crippen LogP contribution in [0, 0.1) is 6.92 Å². The second-order valence-electron chi connectivity index (χ2n) is 3.20. The van der Waals surface area contributed by atoms with Gasteiger partial charge in [-0.2, -0.15) is 0 Å². The zero-order valence-electron chi connectivity index (χ0n) is 9.14. The quantitative estimate of drug-likeness (QED) is 0.823. The summed E-state index contributed by atoms with van der Waals surface area (Å²) in [6.45, 7) is 1.99. The Bertz CT molecular complexity index is 473. The lowest BCUT2D eigenvalue weighted by molar-refractivity contribution is 0.998. The molecule has 0 aromatic carbocycles. The predicted octanol–water partition coefficient (Wildman–Crippen LogP) is 2.37. The van der Waals surface area contributed by atoms with Crippen molar-refractivity contribution >= 4 is 17.7 Å². The summed E-state index contributed by atoms with van der Waals surface area (Å²) in [5.41, 5.74) is 1.05. The Labute approximate surface area is 98.6 Å². The van der Waals surface area contributed by atoms with E-state index in [9.17, 15) is 0 Å². The van der Waals surface area contributed by atoms with Crippen LogP contribution >= 0.6 is 11.8 Å². The number of rotatable bonds is 3. The molecule has 2 aromatic rings. The monoisotopic (exact) mass is 232 g/mol. The van der Waals surface area contributed by atoms with E-state index in [4.69, 9.17) is 0 Å². The van der Waals surface area contributed by atoms with Crippen LogP contribution < -0.4 is 5.32 Å². The molecule has 2 heterocycles. The van der Waals surface area contributed by atoms with Crippen molar-refractivity contribution in [2.45, 2.75) is 17.0 Å². The summed E-state index contributed by atoms with van der Waals surface area (Å²) in [7, 11) is 1.81. The summed E-state index contributed by atoms with van der Waals surface area (Å²) in [4.78, 5) is 12.8. The average Bonchev–Trinajstić information content (AvgIpc) is 2.33. The number of hydrogen-bond donors (Lipinski definition) is 1. The average molecular weight is 232 g/mol. The highest BCUT2D eigenvalue weighted by atomic mass is 32.2. The van der Waals surface area contributed by atoms with E-state index in [0.717, 1.165) is 15.6 Å². The second kappa shape index (κ2) is 4.94. The van der Waals surface area contributed by atoms with Crippen molar-refractivity contribution in [3.8, 4) is 0 Å². The maximum absolute atomic E-state index is 4.39. The number of hydrogen-bond acceptors (Lipinski definition) is 5. The number of nitrogens with zero attached hydrogens (tertiary/aromatic N) is 3. The summed E-state index contributed by atoms with van der Waals surface area (Å²) in [5, 5.41) is 4.79. The molecule has 2 aromatic heterocycles. The van der Waals surface area contributed by atoms with Gasteiger partial charge in [0, 0.05) is 25.0 Å². The van der Waals surface area contributed by atoms with Crippen molar-refractivity contribution in [1.82, 2.24) is 15.0 Å². The molecular weight excluding hydrogens is 220 g/mol. The largest absolute Gasteiger partial charge is 0.357 e. The van der Waals surface area contributed by atoms with Crippen molar-refractivity contribution in [3.63, 3.8) is 0 Å². The van der Waals surface area contributed by atoms with Crippen LogP contribution in [-0.2, 0) is 0 Å². The molecule has 0 spiro atoms. The Morgan fingerprint density at radius 2 is 2.12 bits per heavy atom. The fraction of sp³-hybridized carbons (Fsp3) is 0.182. The first-order valence-corrected chi connectivity index (χ1v) is 5.71. The first kappa shape index (κ1) is 10.9. The van der Waals surface area contributed by atoms with Crippen LogP contribution in [0.4, 0.5) is 5.95 Å². The van der Waals surface area contributed by atoms with Crippen molar-refractivity contribution in [2.24, 2.45) is 0 Å². The predicted molar refractivity (Wildman–Crippen MR) is 64.7 cm³/mol. The lowest BCUT2D eigenvalue weighted by Gasteiger charge is -2.05. The molecule has 16 heavy (non-hydrogen) atoms. The molecule has 0 unspecified atom stereocenters. The number of aryl methyl sites for hydroxylation is 1. The highest BCUT2D eigenvalue weighted by Gasteiger charge is 2.05. The second-order valence-corrected chi connectivity index (χ2v) is 4.21. The summed E-state index contributed by atoms with van der Waals surface area (Å²) in [6, 6.07) is 5.83. The standard InChI is InChI=1S/C11H12N4S/c1-8-7-14-11(12-2)15-10(8)16-9-5-3-4-6-13-9/h3-7H,1-2H3,(H,12,14,15). The van der Waals surface area contributed by atoms with E-state index in [1.54, 1.807) is 25.0 Å². The third-order valence-corrected chi connectivity index (χ3v) is 3.05. The number of anilines is 1. The third-order valence-electron chi connectivity index (χ3n) is 1.99. The van der Waals surface area contributed by atoms with Gasteiger partial charge in [0.2, 0.25) is 5.95 Å². The molecule has 0 radical (unpaired) electrons. The fourth-order valence-electron chi connectivity index (χ4n) is 1.16. The van der Waals surface area contributed by atoms with Crippen LogP contribution in [0.5, 0.6) is 0 Å². The van der Waals surface area contributed by atoms with Crippen LogP contribution in [0.1, 0.15) is 5.56 Å². The first-order chi connectivity index (χ1) is 7.79. The van der Waals surface area contributed by atoms with Crippen molar-refractivity contribution in [3.05, 3.63) is 36.2 Å². The minimum Gasteiger partial charge on any atom is -0.357 e. The fourth-order valence-corrected chi connectivity index (χ4v) is 1.96. The van der Waals surface area contributed by atoms with Crippen LogP contribution in [0.2, 0.25) is 0 Å². The van der Waals surface area contributed by atoms with Gasteiger partial charge in [0.15, 0.2) is 0 Å². The summed E-state index contributed by atoms with van der Waals surface area (Å²) >= 11 is 1.54. The Kier molecular flexibility index (Phi) is 3.36. The maximum atomic E-state index is 4.39. The van der Waals surface area contributed by atoms with E-state index in [2.05, 4.69) is 20.3 Å². The molecule has 1 N–H and O–H groups in total. The molecule has 4 nitrogen and oxygen atoms in total. The zero-order valence-corrected chi connectivity index (χ0v) is 9.95. The molecule has 0 fully saturated rings. The molecule has 0 saturated carbocycles. The summed E-state index contributed by atoms with van der Waals surface area (Å²) < 4.78 is 0. The molecule has 0 atom stereocenters. The normalized spacial score (nSPS) is 10.1. The lowest BCUT2D eigenvalue weighted by Crippen LogP contribution is -1.98. The van der Waals surface area contributed by atoms with E-state index in [0.29, 0.717) is 5.95 Å². The van der Waals surface area contributed by atoms with Crippen LogP contribution in [-0.4, -0.2) is 22.0 Å². The van der Waals surface area contributed by atoms with Crippen molar-refractivity contribution in [1.29, 1.82) is 0 Å². The van der Waals surface area contributed by atoms with E-state index in [1.807, 2.05) is 31.3 Å². The Balaban J connectivity index is 2.27.